The fourth-order valence-corrected chi connectivity index (χ4v) is 4.58. The Balaban J connectivity index is 1.59. The van der Waals surface area contributed by atoms with Gasteiger partial charge in [-0.25, -0.2) is 9.97 Å². The Morgan fingerprint density at radius 1 is 1.16 bits per heavy atom. The number of benzene rings is 2. The molecular formula is C26H21ClN4O. The molecule has 0 fully saturated rings. The van der Waals surface area contributed by atoms with Crippen LogP contribution in [0, 0.1) is 18.3 Å². The van der Waals surface area contributed by atoms with Crippen molar-refractivity contribution in [2.75, 3.05) is 0 Å². The van der Waals surface area contributed by atoms with Gasteiger partial charge in [-0.15, -0.1) is 0 Å². The summed E-state index contributed by atoms with van der Waals surface area (Å²) in [6, 6.07) is 18.2. The number of aryl methyl sites for hydroxylation is 2. The predicted molar refractivity (Wildman–Crippen MR) is 126 cm³/mol. The first kappa shape index (κ1) is 20.3. The molecule has 0 radical (unpaired) electrons. The molecule has 3 heterocycles. The maximum atomic E-state index is 9.40. The quantitative estimate of drug-likeness (QED) is 0.375. The summed E-state index contributed by atoms with van der Waals surface area (Å²) in [4.78, 5) is 9.45. The van der Waals surface area contributed by atoms with Gasteiger partial charge >= 0.3 is 0 Å². The molecule has 0 saturated heterocycles. The number of para-hydroxylation sites is 1. The fourth-order valence-electron chi connectivity index (χ4n) is 4.30. The fraction of sp³-hybridized carbons (Fsp3) is 0.192. The molecule has 2 aromatic carbocycles. The van der Waals surface area contributed by atoms with E-state index >= 15 is 0 Å². The normalized spacial score (nSPS) is 13.9. The van der Waals surface area contributed by atoms with Gasteiger partial charge in [0, 0.05) is 29.3 Å². The summed E-state index contributed by atoms with van der Waals surface area (Å²) in [5, 5.41) is 10.0. The lowest BCUT2D eigenvalue weighted by Gasteiger charge is -2.13. The van der Waals surface area contributed by atoms with Crippen LogP contribution in [0.4, 0.5) is 0 Å². The molecule has 2 aromatic heterocycles. The molecule has 0 bridgehead atoms. The first-order valence-corrected chi connectivity index (χ1v) is 10.9. The van der Waals surface area contributed by atoms with Gasteiger partial charge in [-0.3, -0.25) is 0 Å². The molecule has 32 heavy (non-hydrogen) atoms. The number of nitrogens with zero attached hydrogens (tertiary/aromatic N) is 4. The lowest BCUT2D eigenvalue weighted by atomic mass is 9.93. The van der Waals surface area contributed by atoms with Gasteiger partial charge in [-0.2, -0.15) is 5.26 Å². The van der Waals surface area contributed by atoms with E-state index in [0.29, 0.717) is 18.2 Å². The average molecular weight is 441 g/mol. The topological polar surface area (TPSA) is 63.7 Å². The second kappa shape index (κ2) is 8.14. The Hall–Kier alpha value is -3.62. The largest absolute Gasteiger partial charge is 0.488 e. The number of aromatic nitrogens is 3. The number of allylic oxidation sites excluding steroid dienone is 1. The second-order valence-electron chi connectivity index (χ2n) is 7.85. The van der Waals surface area contributed by atoms with Crippen LogP contribution >= 0.6 is 11.6 Å². The highest BCUT2D eigenvalue weighted by Gasteiger charge is 2.20. The standard InChI is InChI=1S/C26H21ClN4O/c1-3-24-30-25-22(27)12-16(2)29-26(25)31(24)14-17-8-9-19-18(13-17)15-32-23-7-5-4-6-21(23)20(19)10-11-28/h4-10,12-13H,3,14-15H2,1-2H3/b20-10-. The molecule has 0 atom stereocenters. The number of fused-ring (bicyclic) bond motifs is 3. The molecule has 4 aromatic rings. The zero-order valence-electron chi connectivity index (χ0n) is 17.9. The third kappa shape index (κ3) is 3.43. The van der Waals surface area contributed by atoms with E-state index in [1.807, 2.05) is 37.3 Å². The van der Waals surface area contributed by atoms with E-state index in [-0.39, 0.29) is 0 Å². The van der Waals surface area contributed by atoms with Gasteiger partial charge in [0.25, 0.3) is 0 Å². The van der Waals surface area contributed by atoms with Gasteiger partial charge in [0.05, 0.1) is 17.6 Å². The zero-order chi connectivity index (χ0) is 22.2. The van der Waals surface area contributed by atoms with Crippen LogP contribution in [0.15, 0.2) is 54.6 Å². The van der Waals surface area contributed by atoms with Crippen LogP contribution in [0.25, 0.3) is 16.7 Å². The van der Waals surface area contributed by atoms with Crippen LogP contribution in [0.3, 0.4) is 0 Å². The van der Waals surface area contributed by atoms with Crippen LogP contribution in [0.2, 0.25) is 5.02 Å². The smallest absolute Gasteiger partial charge is 0.162 e. The Morgan fingerprint density at radius 2 is 2.00 bits per heavy atom. The summed E-state index contributed by atoms with van der Waals surface area (Å²) < 4.78 is 8.22. The Labute approximate surface area is 191 Å². The van der Waals surface area contributed by atoms with Gasteiger partial charge < -0.3 is 9.30 Å². The van der Waals surface area contributed by atoms with Gasteiger partial charge in [-0.05, 0) is 41.8 Å². The van der Waals surface area contributed by atoms with E-state index in [4.69, 9.17) is 26.3 Å². The van der Waals surface area contributed by atoms with Crippen molar-refractivity contribution >= 4 is 28.3 Å². The van der Waals surface area contributed by atoms with Gasteiger partial charge in [0.15, 0.2) is 5.65 Å². The van der Waals surface area contributed by atoms with Crippen molar-refractivity contribution in [3.8, 4) is 11.8 Å². The molecule has 0 aliphatic carbocycles. The average Bonchev–Trinajstić information content (AvgIpc) is 3.06. The molecular weight excluding hydrogens is 420 g/mol. The highest BCUT2D eigenvalue weighted by molar-refractivity contribution is 6.34. The summed E-state index contributed by atoms with van der Waals surface area (Å²) in [6.45, 7) is 5.09. The highest BCUT2D eigenvalue weighted by Crippen LogP contribution is 2.37. The Kier molecular flexibility index (Phi) is 5.16. The maximum absolute atomic E-state index is 9.40. The van der Waals surface area contributed by atoms with Crippen LogP contribution in [-0.4, -0.2) is 14.5 Å². The monoisotopic (exact) mass is 440 g/mol. The van der Waals surface area contributed by atoms with Crippen molar-refractivity contribution < 1.29 is 4.74 Å². The van der Waals surface area contributed by atoms with E-state index in [2.05, 4.69) is 35.8 Å². The van der Waals surface area contributed by atoms with Crippen molar-refractivity contribution in [2.24, 2.45) is 0 Å². The predicted octanol–water partition coefficient (Wildman–Crippen LogP) is 5.85. The number of ether oxygens (including phenoxy) is 1. The van der Waals surface area contributed by atoms with Gasteiger partial charge in [-0.1, -0.05) is 48.9 Å². The molecule has 6 heteroatoms. The summed E-state index contributed by atoms with van der Waals surface area (Å²) in [6.07, 6.45) is 2.38. The molecule has 5 nitrogen and oxygen atoms in total. The number of pyridine rings is 1. The van der Waals surface area contributed by atoms with E-state index in [0.717, 1.165) is 62.7 Å². The van der Waals surface area contributed by atoms with E-state index in [1.54, 1.807) is 6.08 Å². The van der Waals surface area contributed by atoms with Crippen LogP contribution in [-0.2, 0) is 19.6 Å². The molecule has 0 N–H and O–H groups in total. The molecule has 158 valence electrons. The number of imidazole rings is 1. The minimum absolute atomic E-state index is 0.442. The third-order valence-electron chi connectivity index (χ3n) is 5.75. The first-order valence-electron chi connectivity index (χ1n) is 10.6. The second-order valence-corrected chi connectivity index (χ2v) is 8.26. The molecule has 0 saturated carbocycles. The van der Waals surface area contributed by atoms with E-state index in [9.17, 15) is 5.26 Å². The van der Waals surface area contributed by atoms with Crippen LogP contribution in [0.1, 0.15) is 40.7 Å². The minimum atomic E-state index is 0.442. The van der Waals surface area contributed by atoms with E-state index in [1.165, 1.54) is 0 Å². The Bertz CT molecular complexity index is 1430. The number of halogens is 1. The summed E-state index contributed by atoms with van der Waals surface area (Å²) in [7, 11) is 0. The molecule has 1 aliphatic heterocycles. The minimum Gasteiger partial charge on any atom is -0.488 e. The molecule has 0 spiro atoms. The van der Waals surface area contributed by atoms with E-state index < -0.39 is 0 Å². The highest BCUT2D eigenvalue weighted by atomic mass is 35.5. The lowest BCUT2D eigenvalue weighted by Crippen LogP contribution is -2.07. The van der Waals surface area contributed by atoms with Crippen molar-refractivity contribution in [2.45, 2.75) is 33.4 Å². The van der Waals surface area contributed by atoms with Crippen molar-refractivity contribution in [3.63, 3.8) is 0 Å². The zero-order valence-corrected chi connectivity index (χ0v) is 18.6. The number of hydrogen-bond acceptors (Lipinski definition) is 4. The third-order valence-corrected chi connectivity index (χ3v) is 6.04. The molecule has 1 aliphatic rings. The SMILES string of the molecule is CCc1nc2c(Cl)cc(C)nc2n1Cc1ccc2c(c1)COc1ccccc1/C2=C\C#N. The van der Waals surface area contributed by atoms with Crippen LogP contribution < -0.4 is 4.74 Å². The Morgan fingerprint density at radius 3 is 2.81 bits per heavy atom. The van der Waals surface area contributed by atoms with Gasteiger partial charge in [0.2, 0.25) is 0 Å². The molecule has 0 amide bonds. The maximum Gasteiger partial charge on any atom is 0.162 e. The van der Waals surface area contributed by atoms with Crippen molar-refractivity contribution in [1.29, 1.82) is 5.26 Å². The molecule has 5 rings (SSSR count). The van der Waals surface area contributed by atoms with Gasteiger partial charge in [0.1, 0.15) is 23.7 Å². The lowest BCUT2D eigenvalue weighted by molar-refractivity contribution is 0.307. The van der Waals surface area contributed by atoms with Crippen molar-refractivity contribution in [1.82, 2.24) is 14.5 Å². The van der Waals surface area contributed by atoms with Crippen molar-refractivity contribution in [3.05, 3.63) is 93.4 Å². The first-order chi connectivity index (χ1) is 15.6. The number of rotatable bonds is 3. The molecule has 0 unspecified atom stereocenters. The summed E-state index contributed by atoms with van der Waals surface area (Å²) in [5.74, 6) is 1.73. The van der Waals surface area contributed by atoms with Crippen LogP contribution in [0.5, 0.6) is 5.75 Å². The summed E-state index contributed by atoms with van der Waals surface area (Å²) >= 11 is 6.45. The number of hydrogen-bond donors (Lipinski definition) is 0. The summed E-state index contributed by atoms with van der Waals surface area (Å²) in [5.41, 5.74) is 7.40. The number of nitriles is 1.